The van der Waals surface area contributed by atoms with Crippen LogP contribution in [0.5, 0.6) is 0 Å². The minimum absolute atomic E-state index is 0.0593. The molecule has 0 unspecified atom stereocenters. The van der Waals surface area contributed by atoms with Crippen molar-refractivity contribution in [1.29, 1.82) is 0 Å². The Balaban J connectivity index is 2.44. The summed E-state index contributed by atoms with van der Waals surface area (Å²) in [6.07, 6.45) is 2.26. The van der Waals surface area contributed by atoms with Crippen molar-refractivity contribution < 1.29 is 9.31 Å². The average Bonchev–Trinajstić information content (AvgIpc) is 2.55. The number of allylic oxidation sites excluding steroid dienone is 1. The van der Waals surface area contributed by atoms with Crippen LogP contribution in [0.15, 0.2) is 30.3 Å². The van der Waals surface area contributed by atoms with Crippen LogP contribution < -0.4 is 0 Å². The summed E-state index contributed by atoms with van der Waals surface area (Å²) in [4.78, 5) is 0. The molecule has 1 fully saturated rings. The van der Waals surface area contributed by atoms with Crippen LogP contribution in [-0.4, -0.2) is 18.3 Å². The van der Waals surface area contributed by atoms with Crippen LogP contribution >= 0.6 is 0 Å². The fourth-order valence-electron chi connectivity index (χ4n) is 2.47. The van der Waals surface area contributed by atoms with Crippen molar-refractivity contribution in [3.8, 4) is 0 Å². The van der Waals surface area contributed by atoms with E-state index in [1.54, 1.807) is 0 Å². The smallest absolute Gasteiger partial charge is 0.399 e. The zero-order valence-corrected chi connectivity index (χ0v) is 15.3. The molecule has 0 spiro atoms. The highest BCUT2D eigenvalue weighted by atomic mass is 16.7. The Labute approximate surface area is 136 Å². The SMILES string of the molecule is Cc1ccc(/C(=C\C(C)(C)C)B2OC(C)(C)C(C)(C)O2)cc1. The van der Waals surface area contributed by atoms with Crippen molar-refractivity contribution in [2.75, 3.05) is 0 Å². The highest BCUT2D eigenvalue weighted by molar-refractivity contribution is 6.69. The van der Waals surface area contributed by atoms with E-state index in [1.807, 2.05) is 0 Å². The van der Waals surface area contributed by atoms with E-state index in [-0.39, 0.29) is 23.7 Å². The summed E-state index contributed by atoms with van der Waals surface area (Å²) in [6, 6.07) is 8.57. The zero-order chi connectivity index (χ0) is 16.8. The third kappa shape index (κ3) is 3.64. The lowest BCUT2D eigenvalue weighted by atomic mass is 9.71. The van der Waals surface area contributed by atoms with Crippen LogP contribution in [0, 0.1) is 12.3 Å². The molecule has 2 rings (SSSR count). The molecule has 0 saturated carbocycles. The molecule has 0 bridgehead atoms. The molecule has 1 aliphatic rings. The van der Waals surface area contributed by atoms with Gasteiger partial charge in [-0.15, -0.1) is 0 Å². The van der Waals surface area contributed by atoms with Gasteiger partial charge < -0.3 is 9.31 Å². The Hall–Kier alpha value is -1.06. The van der Waals surface area contributed by atoms with Gasteiger partial charge in [-0.05, 0) is 51.1 Å². The number of hydrogen-bond donors (Lipinski definition) is 0. The quantitative estimate of drug-likeness (QED) is 0.711. The second-order valence-corrected chi connectivity index (χ2v) is 8.42. The summed E-state index contributed by atoms with van der Waals surface area (Å²) < 4.78 is 12.5. The molecule has 1 aromatic rings. The van der Waals surface area contributed by atoms with Crippen LogP contribution in [-0.2, 0) is 9.31 Å². The summed E-state index contributed by atoms with van der Waals surface area (Å²) in [5.74, 6) is 0. The van der Waals surface area contributed by atoms with Crippen LogP contribution in [0.2, 0.25) is 0 Å². The summed E-state index contributed by atoms with van der Waals surface area (Å²) >= 11 is 0. The van der Waals surface area contributed by atoms with Gasteiger partial charge in [0.15, 0.2) is 0 Å². The molecule has 1 aromatic carbocycles. The van der Waals surface area contributed by atoms with E-state index < -0.39 is 0 Å². The van der Waals surface area contributed by atoms with E-state index >= 15 is 0 Å². The molecule has 1 aliphatic heterocycles. The highest BCUT2D eigenvalue weighted by Gasteiger charge is 2.52. The first-order chi connectivity index (χ1) is 9.91. The summed E-state index contributed by atoms with van der Waals surface area (Å²) in [6.45, 7) is 17.1. The molecule has 0 aliphatic carbocycles. The third-order valence-corrected chi connectivity index (χ3v) is 4.48. The normalized spacial score (nSPS) is 21.3. The van der Waals surface area contributed by atoms with Gasteiger partial charge in [0.05, 0.1) is 11.2 Å². The molecule has 0 amide bonds. The zero-order valence-electron chi connectivity index (χ0n) is 15.3. The second kappa shape index (κ2) is 5.54. The van der Waals surface area contributed by atoms with Crippen molar-refractivity contribution >= 4 is 12.6 Å². The third-order valence-electron chi connectivity index (χ3n) is 4.48. The average molecular weight is 300 g/mol. The number of benzene rings is 1. The molecular weight excluding hydrogens is 271 g/mol. The van der Waals surface area contributed by atoms with E-state index in [9.17, 15) is 0 Å². The van der Waals surface area contributed by atoms with Gasteiger partial charge >= 0.3 is 7.12 Å². The lowest BCUT2D eigenvalue weighted by molar-refractivity contribution is 0.00578. The molecule has 2 nitrogen and oxygen atoms in total. The Morgan fingerprint density at radius 2 is 1.41 bits per heavy atom. The maximum Gasteiger partial charge on any atom is 0.495 e. The molecule has 0 atom stereocenters. The molecule has 0 N–H and O–H groups in total. The summed E-state index contributed by atoms with van der Waals surface area (Å²) in [7, 11) is -0.327. The van der Waals surface area contributed by atoms with E-state index in [4.69, 9.17) is 9.31 Å². The molecule has 120 valence electrons. The predicted molar refractivity (Wildman–Crippen MR) is 94.7 cm³/mol. The van der Waals surface area contributed by atoms with Crippen LogP contribution in [0.3, 0.4) is 0 Å². The molecule has 3 heteroatoms. The van der Waals surface area contributed by atoms with Gasteiger partial charge in [-0.2, -0.15) is 0 Å². The maximum atomic E-state index is 6.27. The lowest BCUT2D eigenvalue weighted by Crippen LogP contribution is -2.41. The summed E-state index contributed by atoms with van der Waals surface area (Å²) in [5, 5.41) is 0. The standard InChI is InChI=1S/C19H29BO2/c1-14-9-11-15(12-10-14)16(13-17(2,3)4)20-21-18(5,6)19(7,8)22-20/h9-13H,1-8H3/b16-13+. The second-order valence-electron chi connectivity index (χ2n) is 8.42. The number of aryl methyl sites for hydroxylation is 1. The first-order valence-corrected chi connectivity index (χ1v) is 8.07. The Bertz CT molecular complexity index is 546. The molecule has 1 saturated heterocycles. The molecule has 22 heavy (non-hydrogen) atoms. The van der Waals surface area contributed by atoms with E-state index in [0.29, 0.717) is 0 Å². The fraction of sp³-hybridized carbons (Fsp3) is 0.579. The van der Waals surface area contributed by atoms with Gasteiger partial charge in [0.25, 0.3) is 0 Å². The lowest BCUT2D eigenvalue weighted by Gasteiger charge is -2.32. The Kier molecular flexibility index (Phi) is 4.36. The molecule has 1 heterocycles. The van der Waals surface area contributed by atoms with Crippen LogP contribution in [0.4, 0.5) is 0 Å². The monoisotopic (exact) mass is 300 g/mol. The predicted octanol–water partition coefficient (Wildman–Crippen LogP) is 5.06. The van der Waals surface area contributed by atoms with Crippen molar-refractivity contribution in [2.45, 2.75) is 66.6 Å². The van der Waals surface area contributed by atoms with Gasteiger partial charge in [0, 0.05) is 0 Å². The number of hydrogen-bond acceptors (Lipinski definition) is 2. The molecule has 0 radical (unpaired) electrons. The van der Waals surface area contributed by atoms with Gasteiger partial charge in [0.2, 0.25) is 0 Å². The van der Waals surface area contributed by atoms with Crippen molar-refractivity contribution in [3.05, 3.63) is 41.5 Å². The van der Waals surface area contributed by atoms with E-state index in [0.717, 1.165) is 5.47 Å². The van der Waals surface area contributed by atoms with Crippen LogP contribution in [0.25, 0.3) is 5.47 Å². The minimum atomic E-state index is -0.327. The van der Waals surface area contributed by atoms with Crippen molar-refractivity contribution in [1.82, 2.24) is 0 Å². The van der Waals surface area contributed by atoms with Crippen molar-refractivity contribution in [3.63, 3.8) is 0 Å². The minimum Gasteiger partial charge on any atom is -0.399 e. The first-order valence-electron chi connectivity index (χ1n) is 8.07. The summed E-state index contributed by atoms with van der Waals surface area (Å²) in [5.41, 5.74) is 2.96. The number of rotatable bonds is 2. The van der Waals surface area contributed by atoms with Crippen LogP contribution in [0.1, 0.15) is 59.6 Å². The molecular formula is C19H29BO2. The van der Waals surface area contributed by atoms with Gasteiger partial charge in [0.1, 0.15) is 0 Å². The van der Waals surface area contributed by atoms with Gasteiger partial charge in [-0.3, -0.25) is 0 Å². The van der Waals surface area contributed by atoms with E-state index in [1.165, 1.54) is 11.1 Å². The molecule has 0 aromatic heterocycles. The van der Waals surface area contributed by atoms with Crippen molar-refractivity contribution in [2.24, 2.45) is 5.41 Å². The van der Waals surface area contributed by atoms with Gasteiger partial charge in [-0.1, -0.05) is 56.7 Å². The maximum absolute atomic E-state index is 6.27. The van der Waals surface area contributed by atoms with Gasteiger partial charge in [-0.25, -0.2) is 0 Å². The first kappa shape index (κ1) is 17.3. The Morgan fingerprint density at radius 1 is 0.955 bits per heavy atom. The topological polar surface area (TPSA) is 18.5 Å². The largest absolute Gasteiger partial charge is 0.495 e. The Morgan fingerprint density at radius 3 is 1.82 bits per heavy atom. The van der Waals surface area contributed by atoms with E-state index in [2.05, 4.69) is 85.7 Å². The fourth-order valence-corrected chi connectivity index (χ4v) is 2.47. The highest BCUT2D eigenvalue weighted by Crippen LogP contribution is 2.41.